The van der Waals surface area contributed by atoms with Gasteiger partial charge in [-0.15, -0.1) is 24.0 Å². The fourth-order valence-electron chi connectivity index (χ4n) is 4.06. The maximum atomic E-state index is 13.5. The molecule has 0 amide bonds. The van der Waals surface area contributed by atoms with Gasteiger partial charge in [-0.25, -0.2) is 8.78 Å². The van der Waals surface area contributed by atoms with Crippen LogP contribution in [-0.4, -0.2) is 56.3 Å². The van der Waals surface area contributed by atoms with E-state index in [0.717, 1.165) is 51.8 Å². The summed E-state index contributed by atoms with van der Waals surface area (Å²) in [5.41, 5.74) is 0.773. The van der Waals surface area contributed by atoms with Crippen molar-refractivity contribution in [2.45, 2.75) is 44.2 Å². The second kappa shape index (κ2) is 10.7. The Morgan fingerprint density at radius 2 is 1.89 bits per heavy atom. The molecule has 0 aromatic heterocycles. The number of hydrogen-bond donors (Lipinski definition) is 2. The highest BCUT2D eigenvalue weighted by molar-refractivity contribution is 14.0. The van der Waals surface area contributed by atoms with Gasteiger partial charge in [0, 0.05) is 32.3 Å². The van der Waals surface area contributed by atoms with Crippen molar-refractivity contribution in [2.75, 3.05) is 39.9 Å². The fourth-order valence-corrected chi connectivity index (χ4v) is 4.06. The van der Waals surface area contributed by atoms with Crippen molar-refractivity contribution in [1.82, 2.24) is 15.5 Å². The van der Waals surface area contributed by atoms with Crippen molar-refractivity contribution in [1.29, 1.82) is 0 Å². The van der Waals surface area contributed by atoms with Gasteiger partial charge in [-0.1, -0.05) is 6.07 Å². The number of aliphatic imine (C=N–C) groups is 1. The molecule has 2 heterocycles. The Morgan fingerprint density at radius 3 is 2.50 bits per heavy atom. The van der Waals surface area contributed by atoms with Crippen LogP contribution in [0.4, 0.5) is 8.78 Å². The molecule has 1 atom stereocenters. The van der Waals surface area contributed by atoms with Gasteiger partial charge in [-0.3, -0.25) is 9.89 Å². The predicted octanol–water partition coefficient (Wildman–Crippen LogP) is 3.45. The van der Waals surface area contributed by atoms with E-state index >= 15 is 0 Å². The number of ether oxygens (including phenoxy) is 1. The zero-order chi connectivity index (χ0) is 19.3. The minimum Gasteiger partial charge on any atom is -0.381 e. The lowest BCUT2D eigenvalue weighted by Crippen LogP contribution is -2.58. The van der Waals surface area contributed by atoms with Crippen LogP contribution in [-0.2, 0) is 4.74 Å². The van der Waals surface area contributed by atoms with Gasteiger partial charge in [0.05, 0.1) is 6.04 Å². The lowest BCUT2D eigenvalue weighted by atomic mass is 9.88. The molecule has 8 heteroatoms. The largest absolute Gasteiger partial charge is 0.381 e. The van der Waals surface area contributed by atoms with Crippen LogP contribution in [0.1, 0.15) is 44.2 Å². The molecule has 1 aromatic rings. The summed E-state index contributed by atoms with van der Waals surface area (Å²) in [5.74, 6) is -1.00. The summed E-state index contributed by atoms with van der Waals surface area (Å²) in [6.45, 7) is 6.55. The number of nitrogens with one attached hydrogen (secondary N) is 2. The fraction of sp³-hybridized carbons (Fsp3) is 0.650. The summed E-state index contributed by atoms with van der Waals surface area (Å²) in [5, 5.41) is 6.73. The molecule has 28 heavy (non-hydrogen) atoms. The van der Waals surface area contributed by atoms with E-state index in [1.54, 1.807) is 13.1 Å². The summed E-state index contributed by atoms with van der Waals surface area (Å²) in [6, 6.07) is 3.78. The zero-order valence-electron chi connectivity index (χ0n) is 16.6. The average molecular weight is 508 g/mol. The lowest BCUT2D eigenvalue weighted by molar-refractivity contribution is -0.0164. The van der Waals surface area contributed by atoms with Gasteiger partial charge < -0.3 is 15.4 Å². The van der Waals surface area contributed by atoms with Crippen LogP contribution < -0.4 is 10.6 Å². The van der Waals surface area contributed by atoms with E-state index in [4.69, 9.17) is 4.74 Å². The highest BCUT2D eigenvalue weighted by Crippen LogP contribution is 2.30. The molecule has 2 saturated heterocycles. The maximum absolute atomic E-state index is 13.5. The zero-order valence-corrected chi connectivity index (χ0v) is 19.0. The minimum absolute atomic E-state index is 0. The highest BCUT2D eigenvalue weighted by atomic mass is 127. The Kier molecular flexibility index (Phi) is 8.88. The van der Waals surface area contributed by atoms with Crippen molar-refractivity contribution >= 4 is 29.9 Å². The number of halogens is 3. The number of guanidine groups is 1. The number of hydrogen-bond acceptors (Lipinski definition) is 3. The third-order valence-electron chi connectivity index (χ3n) is 5.81. The Hall–Kier alpha value is -1.00. The van der Waals surface area contributed by atoms with Crippen molar-refractivity contribution < 1.29 is 13.5 Å². The number of nitrogens with zero attached hydrogens (tertiary/aromatic N) is 2. The van der Waals surface area contributed by atoms with Crippen LogP contribution in [0.3, 0.4) is 0 Å². The molecule has 0 radical (unpaired) electrons. The van der Waals surface area contributed by atoms with Crippen LogP contribution in [0.5, 0.6) is 0 Å². The van der Waals surface area contributed by atoms with Crippen LogP contribution in [0.15, 0.2) is 23.2 Å². The molecule has 2 aliphatic heterocycles. The third-order valence-corrected chi connectivity index (χ3v) is 5.81. The molecule has 0 bridgehead atoms. The van der Waals surface area contributed by atoms with Gasteiger partial charge in [0.15, 0.2) is 17.6 Å². The number of likely N-dealkylation sites (tertiary alicyclic amines) is 1. The Balaban J connectivity index is 0.00000280. The Morgan fingerprint density at radius 1 is 1.21 bits per heavy atom. The molecular weight excluding hydrogens is 477 g/mol. The molecule has 2 N–H and O–H groups in total. The molecule has 0 aliphatic carbocycles. The first-order valence-electron chi connectivity index (χ1n) is 9.79. The maximum Gasteiger partial charge on any atom is 0.191 e. The lowest BCUT2D eigenvalue weighted by Gasteiger charge is -2.45. The summed E-state index contributed by atoms with van der Waals surface area (Å²) in [6.07, 6.45) is 4.52. The standard InChI is InChI=1S/C20H30F2N4O.HI/c1-15(16-5-6-17(21)18(22)13-16)25-19(23-2)24-14-20(7-11-27-12-8-20)26-9-3-4-10-26;/h5-6,13,15H,3-4,7-12,14H2,1-2H3,(H2,23,24,25);1H. The smallest absolute Gasteiger partial charge is 0.191 e. The molecule has 0 saturated carbocycles. The Bertz CT molecular complexity index is 662. The van der Waals surface area contributed by atoms with E-state index in [1.165, 1.54) is 18.9 Å². The average Bonchev–Trinajstić information content (AvgIpc) is 3.23. The van der Waals surface area contributed by atoms with Crippen LogP contribution in [0, 0.1) is 11.6 Å². The third kappa shape index (κ3) is 5.54. The molecule has 2 fully saturated rings. The second-order valence-electron chi connectivity index (χ2n) is 7.50. The first-order valence-corrected chi connectivity index (χ1v) is 9.79. The molecule has 2 aliphatic rings. The van der Waals surface area contributed by atoms with Crippen LogP contribution >= 0.6 is 24.0 Å². The highest BCUT2D eigenvalue weighted by Gasteiger charge is 2.39. The van der Waals surface area contributed by atoms with Crippen molar-refractivity contribution in [3.8, 4) is 0 Å². The van der Waals surface area contributed by atoms with Gasteiger partial charge in [0.1, 0.15) is 0 Å². The normalized spacial score (nSPS) is 21.1. The molecule has 1 unspecified atom stereocenters. The van der Waals surface area contributed by atoms with E-state index in [0.29, 0.717) is 11.5 Å². The summed E-state index contributed by atoms with van der Waals surface area (Å²) in [7, 11) is 1.72. The Labute approximate surface area is 183 Å². The molecule has 158 valence electrons. The van der Waals surface area contributed by atoms with E-state index < -0.39 is 11.6 Å². The summed E-state index contributed by atoms with van der Waals surface area (Å²) >= 11 is 0. The quantitative estimate of drug-likeness (QED) is 0.364. The van der Waals surface area contributed by atoms with Crippen LogP contribution in [0.25, 0.3) is 0 Å². The van der Waals surface area contributed by atoms with E-state index in [9.17, 15) is 8.78 Å². The molecule has 0 spiro atoms. The molecule has 5 nitrogen and oxygen atoms in total. The van der Waals surface area contributed by atoms with Crippen LogP contribution in [0.2, 0.25) is 0 Å². The van der Waals surface area contributed by atoms with Gasteiger partial charge in [0.25, 0.3) is 0 Å². The first-order chi connectivity index (χ1) is 13.0. The van der Waals surface area contributed by atoms with E-state index in [1.807, 2.05) is 6.92 Å². The molecular formula is C20H31F2IN4O. The number of benzene rings is 1. The van der Waals surface area contributed by atoms with Gasteiger partial charge in [0.2, 0.25) is 0 Å². The van der Waals surface area contributed by atoms with Gasteiger partial charge in [-0.2, -0.15) is 0 Å². The van der Waals surface area contributed by atoms with E-state index in [2.05, 4.69) is 20.5 Å². The first kappa shape index (κ1) is 23.3. The summed E-state index contributed by atoms with van der Waals surface area (Å²) in [4.78, 5) is 6.90. The monoisotopic (exact) mass is 508 g/mol. The van der Waals surface area contributed by atoms with Gasteiger partial charge in [-0.05, 0) is 63.4 Å². The van der Waals surface area contributed by atoms with Gasteiger partial charge >= 0.3 is 0 Å². The van der Waals surface area contributed by atoms with E-state index in [-0.39, 0.29) is 35.6 Å². The van der Waals surface area contributed by atoms with Crippen molar-refractivity contribution in [3.05, 3.63) is 35.4 Å². The van der Waals surface area contributed by atoms with Crippen molar-refractivity contribution in [3.63, 3.8) is 0 Å². The SMILES string of the molecule is CN=C(NCC1(N2CCCC2)CCOCC1)NC(C)c1ccc(F)c(F)c1.I. The number of rotatable bonds is 5. The molecule has 1 aromatic carbocycles. The minimum atomic E-state index is -0.834. The second-order valence-corrected chi connectivity index (χ2v) is 7.50. The van der Waals surface area contributed by atoms with Crippen molar-refractivity contribution in [2.24, 2.45) is 4.99 Å². The topological polar surface area (TPSA) is 48.9 Å². The molecule has 3 rings (SSSR count). The summed E-state index contributed by atoms with van der Waals surface area (Å²) < 4.78 is 32.3. The predicted molar refractivity (Wildman–Crippen MR) is 118 cm³/mol.